The molecular formula is C34H32O6. The summed E-state index contributed by atoms with van der Waals surface area (Å²) < 4.78 is 31.5. The third kappa shape index (κ3) is 5.07. The summed E-state index contributed by atoms with van der Waals surface area (Å²) in [5.74, 6) is -1.31. The molecule has 2 fully saturated rings. The minimum atomic E-state index is -0.945. The number of hydrogen-bond acceptors (Lipinski definition) is 6. The molecule has 6 rings (SSSR count). The molecule has 6 heteroatoms. The Morgan fingerprint density at radius 1 is 0.725 bits per heavy atom. The Balaban J connectivity index is 1.36. The molecule has 0 aromatic heterocycles. The number of fused-ring (bicyclic) bond motifs is 1. The van der Waals surface area contributed by atoms with E-state index in [1.165, 1.54) is 0 Å². The Kier molecular flexibility index (Phi) is 7.26. The number of rotatable bonds is 8. The number of benzene rings is 4. The summed E-state index contributed by atoms with van der Waals surface area (Å²) in [7, 11) is 0. The summed E-state index contributed by atoms with van der Waals surface area (Å²) in [4.78, 5) is 13.1. The van der Waals surface area contributed by atoms with Crippen molar-refractivity contribution in [2.75, 3.05) is 6.61 Å². The Bertz CT molecular complexity index is 1310. The molecule has 0 bridgehead atoms. The van der Waals surface area contributed by atoms with Crippen LogP contribution in [0.15, 0.2) is 121 Å². The van der Waals surface area contributed by atoms with E-state index in [4.69, 9.17) is 23.7 Å². The first-order valence-corrected chi connectivity index (χ1v) is 13.5. The van der Waals surface area contributed by atoms with Crippen LogP contribution in [0.25, 0.3) is 0 Å². The van der Waals surface area contributed by atoms with Gasteiger partial charge in [-0.25, -0.2) is 4.79 Å². The summed E-state index contributed by atoms with van der Waals surface area (Å²) in [5.41, 5.74) is 2.42. The average molecular weight is 537 g/mol. The minimum absolute atomic E-state index is 0.117. The van der Waals surface area contributed by atoms with Gasteiger partial charge in [0.25, 0.3) is 0 Å². The first-order valence-electron chi connectivity index (χ1n) is 13.5. The summed E-state index contributed by atoms with van der Waals surface area (Å²) in [6.07, 6.45) is -2.64. The highest BCUT2D eigenvalue weighted by Crippen LogP contribution is 2.43. The molecule has 0 N–H and O–H groups in total. The van der Waals surface area contributed by atoms with Gasteiger partial charge >= 0.3 is 5.97 Å². The summed E-state index contributed by atoms with van der Waals surface area (Å²) >= 11 is 0. The first-order chi connectivity index (χ1) is 19.5. The molecule has 2 saturated heterocycles. The molecule has 0 radical (unpaired) electrons. The van der Waals surface area contributed by atoms with Gasteiger partial charge in [-0.1, -0.05) is 109 Å². The number of carbonyl (C=O) groups excluding carboxylic acids is 1. The summed E-state index contributed by atoms with van der Waals surface area (Å²) in [5, 5.41) is 0. The van der Waals surface area contributed by atoms with E-state index in [0.29, 0.717) is 5.56 Å². The maximum Gasteiger partial charge on any atom is 0.338 e. The van der Waals surface area contributed by atoms with Crippen LogP contribution in [-0.2, 0) is 29.3 Å². The van der Waals surface area contributed by atoms with E-state index in [-0.39, 0.29) is 6.61 Å². The zero-order valence-electron chi connectivity index (χ0n) is 22.5. The molecule has 2 aliphatic rings. The van der Waals surface area contributed by atoms with E-state index in [1.807, 2.05) is 74.5 Å². The summed E-state index contributed by atoms with van der Waals surface area (Å²) in [6.45, 7) is 3.76. The van der Waals surface area contributed by atoms with Crippen LogP contribution in [-0.4, -0.2) is 43.0 Å². The fourth-order valence-electron chi connectivity index (χ4n) is 5.56. The standard InChI is InChI=1S/C34H32O6/c1-33(2)39-30-29(38-31(35)24-15-7-3-8-16-24)28(37-32(30)40-33)23-36-34(25-17-9-4-10-18-25,26-19-11-5-12-20-26)27-21-13-6-14-22-27/h3-22,28-30,32H,23H2,1-2H3/t28-,29+,30-,32-/m1/s1. The third-order valence-electron chi connectivity index (χ3n) is 7.34. The van der Waals surface area contributed by atoms with E-state index in [2.05, 4.69) is 36.4 Å². The quantitative estimate of drug-likeness (QED) is 0.200. The molecule has 2 aliphatic heterocycles. The fourth-order valence-corrected chi connectivity index (χ4v) is 5.56. The van der Waals surface area contributed by atoms with Gasteiger partial charge in [-0.05, 0) is 42.7 Å². The second-order valence-corrected chi connectivity index (χ2v) is 10.5. The smallest absolute Gasteiger partial charge is 0.338 e. The highest BCUT2D eigenvalue weighted by Gasteiger charge is 2.57. The van der Waals surface area contributed by atoms with Gasteiger partial charge in [-0.15, -0.1) is 0 Å². The van der Waals surface area contributed by atoms with Gasteiger partial charge < -0.3 is 23.7 Å². The first kappa shape index (κ1) is 26.4. The van der Waals surface area contributed by atoms with Crippen LogP contribution < -0.4 is 0 Å². The van der Waals surface area contributed by atoms with Crippen LogP contribution in [0.1, 0.15) is 40.9 Å². The molecule has 0 unspecified atom stereocenters. The van der Waals surface area contributed by atoms with Gasteiger partial charge in [-0.3, -0.25) is 0 Å². The van der Waals surface area contributed by atoms with Crippen LogP contribution in [0.4, 0.5) is 0 Å². The molecule has 40 heavy (non-hydrogen) atoms. The monoisotopic (exact) mass is 536 g/mol. The second kappa shape index (κ2) is 11.0. The van der Waals surface area contributed by atoms with Crippen molar-refractivity contribution in [3.8, 4) is 0 Å². The normalized spacial score (nSPS) is 23.4. The predicted octanol–water partition coefficient (Wildman–Crippen LogP) is 6.10. The van der Waals surface area contributed by atoms with Crippen molar-refractivity contribution in [2.45, 2.75) is 49.8 Å². The van der Waals surface area contributed by atoms with Crippen LogP contribution in [0, 0.1) is 0 Å². The highest BCUT2D eigenvalue weighted by atomic mass is 16.8. The van der Waals surface area contributed by atoms with Gasteiger partial charge in [-0.2, -0.15) is 0 Å². The Morgan fingerprint density at radius 3 is 1.70 bits per heavy atom. The largest absolute Gasteiger partial charge is 0.453 e. The molecule has 0 amide bonds. The molecule has 4 aromatic rings. The third-order valence-corrected chi connectivity index (χ3v) is 7.34. The van der Waals surface area contributed by atoms with E-state index >= 15 is 0 Å². The number of hydrogen-bond donors (Lipinski definition) is 0. The SMILES string of the molecule is CC1(C)O[C@H]2O[C@H](COC(c3ccccc3)(c3ccccc3)c3ccccc3)[C@H](OC(=O)c3ccccc3)[C@H]2O1. The Hall–Kier alpha value is -3.81. The van der Waals surface area contributed by atoms with Crippen molar-refractivity contribution in [1.29, 1.82) is 0 Å². The second-order valence-electron chi connectivity index (χ2n) is 10.5. The highest BCUT2D eigenvalue weighted by molar-refractivity contribution is 5.89. The van der Waals surface area contributed by atoms with Crippen molar-refractivity contribution in [3.63, 3.8) is 0 Å². The Labute approximate surface area is 234 Å². The van der Waals surface area contributed by atoms with Crippen molar-refractivity contribution >= 4 is 5.97 Å². The van der Waals surface area contributed by atoms with Crippen molar-refractivity contribution in [2.24, 2.45) is 0 Å². The Morgan fingerprint density at radius 2 is 1.20 bits per heavy atom. The van der Waals surface area contributed by atoms with Crippen molar-refractivity contribution in [1.82, 2.24) is 0 Å². The van der Waals surface area contributed by atoms with Crippen LogP contribution in [0.2, 0.25) is 0 Å². The molecule has 204 valence electrons. The molecule has 0 aliphatic carbocycles. The van der Waals surface area contributed by atoms with Crippen LogP contribution in [0.3, 0.4) is 0 Å². The van der Waals surface area contributed by atoms with Crippen molar-refractivity contribution < 1.29 is 28.5 Å². The lowest BCUT2D eigenvalue weighted by molar-refractivity contribution is -0.223. The molecule has 0 spiro atoms. The number of ether oxygens (including phenoxy) is 5. The molecule has 4 aromatic carbocycles. The predicted molar refractivity (Wildman–Crippen MR) is 150 cm³/mol. The molecule has 4 atom stereocenters. The zero-order chi connectivity index (χ0) is 27.6. The van der Waals surface area contributed by atoms with E-state index in [0.717, 1.165) is 16.7 Å². The lowest BCUT2D eigenvalue weighted by Crippen LogP contribution is -2.43. The van der Waals surface area contributed by atoms with E-state index in [1.54, 1.807) is 24.3 Å². The van der Waals surface area contributed by atoms with Gasteiger partial charge in [0.15, 0.2) is 24.3 Å². The van der Waals surface area contributed by atoms with Gasteiger partial charge in [0, 0.05) is 0 Å². The molecular weight excluding hydrogens is 504 g/mol. The lowest BCUT2D eigenvalue weighted by atomic mass is 9.80. The maximum atomic E-state index is 13.1. The van der Waals surface area contributed by atoms with Crippen LogP contribution in [0.5, 0.6) is 0 Å². The molecule has 6 nitrogen and oxygen atoms in total. The van der Waals surface area contributed by atoms with Crippen molar-refractivity contribution in [3.05, 3.63) is 144 Å². The zero-order valence-corrected chi connectivity index (χ0v) is 22.5. The van der Waals surface area contributed by atoms with Gasteiger partial charge in [0.05, 0.1) is 12.2 Å². The summed E-state index contributed by atoms with van der Waals surface area (Å²) in [6, 6.07) is 39.3. The van der Waals surface area contributed by atoms with Crippen LogP contribution >= 0.6 is 0 Å². The number of esters is 1. The van der Waals surface area contributed by atoms with Gasteiger partial charge in [0.1, 0.15) is 11.7 Å². The maximum absolute atomic E-state index is 13.1. The minimum Gasteiger partial charge on any atom is -0.453 e. The molecule has 2 heterocycles. The van der Waals surface area contributed by atoms with E-state index in [9.17, 15) is 4.79 Å². The van der Waals surface area contributed by atoms with E-state index < -0.39 is 42.0 Å². The average Bonchev–Trinajstić information content (AvgIpc) is 3.46. The fraction of sp³-hybridized carbons (Fsp3) is 0.265. The number of carbonyl (C=O) groups is 1. The molecule has 0 saturated carbocycles. The van der Waals surface area contributed by atoms with Gasteiger partial charge in [0.2, 0.25) is 0 Å². The topological polar surface area (TPSA) is 63.2 Å². The lowest BCUT2D eigenvalue weighted by Gasteiger charge is -2.37.